The molecule has 1 aromatic carbocycles. The zero-order valence-corrected chi connectivity index (χ0v) is 12.0. The Morgan fingerprint density at radius 1 is 1.18 bits per heavy atom. The van der Waals surface area contributed by atoms with Crippen LogP contribution in [0.2, 0.25) is 0 Å². The maximum atomic E-state index is 13.5. The Hall–Kier alpha value is -2.63. The Kier molecular flexibility index (Phi) is 4.18. The summed E-state index contributed by atoms with van der Waals surface area (Å²) in [6.07, 6.45) is 1.63. The number of halogens is 1. The van der Waals surface area contributed by atoms with Crippen molar-refractivity contribution in [2.45, 2.75) is 0 Å². The number of benzene rings is 1. The highest BCUT2D eigenvalue weighted by Gasteiger charge is 2.22. The van der Waals surface area contributed by atoms with Gasteiger partial charge >= 0.3 is 6.03 Å². The van der Waals surface area contributed by atoms with E-state index < -0.39 is 5.82 Å². The van der Waals surface area contributed by atoms with Gasteiger partial charge < -0.3 is 15.1 Å². The van der Waals surface area contributed by atoms with Crippen molar-refractivity contribution < 1.29 is 9.18 Å². The normalized spacial score (nSPS) is 14.8. The zero-order valence-electron chi connectivity index (χ0n) is 12.0. The number of pyridine rings is 1. The maximum Gasteiger partial charge on any atom is 0.322 e. The molecule has 1 aromatic heterocycles. The van der Waals surface area contributed by atoms with E-state index in [0.717, 1.165) is 5.82 Å². The summed E-state index contributed by atoms with van der Waals surface area (Å²) in [5, 5.41) is 2.61. The third-order valence-electron chi connectivity index (χ3n) is 3.61. The third kappa shape index (κ3) is 3.16. The fourth-order valence-corrected chi connectivity index (χ4v) is 2.39. The molecule has 1 aliphatic rings. The lowest BCUT2D eigenvalue weighted by molar-refractivity contribution is 0.208. The largest absolute Gasteiger partial charge is 0.353 e. The summed E-state index contributed by atoms with van der Waals surface area (Å²) in [5.41, 5.74) is 0.204. The molecule has 1 fully saturated rings. The van der Waals surface area contributed by atoms with Crippen molar-refractivity contribution in [3.63, 3.8) is 0 Å². The van der Waals surface area contributed by atoms with Gasteiger partial charge in [0.2, 0.25) is 0 Å². The maximum absolute atomic E-state index is 13.5. The monoisotopic (exact) mass is 299 g/mol. The average molecular weight is 299 g/mol. The number of aromatic nitrogens is 1. The summed E-state index contributed by atoms with van der Waals surface area (Å²) < 4.78 is 13.5. The van der Waals surface area contributed by atoms with Crippen molar-refractivity contribution in [1.82, 2.24) is 9.88 Å². The van der Waals surface area contributed by atoms with E-state index in [1.807, 2.05) is 12.1 Å². The van der Waals surface area contributed by atoms with Gasteiger partial charge in [-0.2, -0.15) is 0 Å². The molecule has 22 heavy (non-hydrogen) atoms. The number of piperazine rings is 1. The predicted octanol–water partition coefficient (Wildman–Crippen LogP) is 2.37. The molecular weight excluding hydrogens is 283 g/mol. The minimum absolute atomic E-state index is 0.204. The first-order valence-corrected chi connectivity index (χ1v) is 7.11. The number of rotatable bonds is 2. The molecule has 0 atom stereocenters. The number of carbonyl (C=O) groups excluding carboxylic acids is 1. The molecule has 2 amide bonds. The second-order valence-electron chi connectivity index (χ2n) is 5.00. The van der Waals surface area contributed by atoms with E-state index in [1.54, 1.807) is 29.3 Å². The van der Waals surface area contributed by atoms with E-state index in [1.165, 1.54) is 6.07 Å². The number of carbonyl (C=O) groups is 1. The van der Waals surface area contributed by atoms with Gasteiger partial charge in [-0.25, -0.2) is 14.2 Å². The summed E-state index contributed by atoms with van der Waals surface area (Å²) in [4.78, 5) is 20.2. The Morgan fingerprint density at radius 3 is 2.64 bits per heavy atom. The van der Waals surface area contributed by atoms with Gasteiger partial charge in [-0.1, -0.05) is 12.1 Å². The minimum atomic E-state index is -0.431. The number of urea groups is 1. The van der Waals surface area contributed by atoms with Crippen LogP contribution >= 0.6 is 0 Å². The van der Waals surface area contributed by atoms with Gasteiger partial charge in [-0.15, -0.1) is 0 Å². The Balaban J connectivity index is 1.57. The standard InChI is InChI=1S/C16H16FN4O/c17-13-5-1-2-6-14(13)19-16(22)21-11-9-20(10-12-21)15-7-3-4-8-18-15/h1-3,5-8H,9-12H2,(H,19,22). The first-order chi connectivity index (χ1) is 10.7. The topological polar surface area (TPSA) is 48.5 Å². The zero-order chi connectivity index (χ0) is 15.4. The molecule has 0 spiro atoms. The summed E-state index contributed by atoms with van der Waals surface area (Å²) in [5.74, 6) is 0.451. The number of anilines is 2. The van der Waals surface area contributed by atoms with E-state index in [-0.39, 0.29) is 11.7 Å². The quantitative estimate of drug-likeness (QED) is 0.926. The van der Waals surface area contributed by atoms with Crippen LogP contribution in [-0.4, -0.2) is 42.1 Å². The van der Waals surface area contributed by atoms with E-state index in [4.69, 9.17) is 0 Å². The smallest absolute Gasteiger partial charge is 0.322 e. The van der Waals surface area contributed by atoms with Gasteiger partial charge in [0.05, 0.1) is 5.69 Å². The number of para-hydroxylation sites is 1. The number of nitrogens with one attached hydrogen (secondary N) is 1. The van der Waals surface area contributed by atoms with Crippen LogP contribution in [0.3, 0.4) is 0 Å². The van der Waals surface area contributed by atoms with Crippen molar-refractivity contribution in [2.24, 2.45) is 0 Å². The fraction of sp³-hybridized carbons (Fsp3) is 0.250. The summed E-state index contributed by atoms with van der Waals surface area (Å²) in [7, 11) is 0. The Bertz CT molecular complexity index is 642. The predicted molar refractivity (Wildman–Crippen MR) is 82.3 cm³/mol. The molecule has 2 heterocycles. The van der Waals surface area contributed by atoms with E-state index >= 15 is 0 Å². The van der Waals surface area contributed by atoms with Crippen molar-refractivity contribution in [1.29, 1.82) is 0 Å². The van der Waals surface area contributed by atoms with Crippen molar-refractivity contribution >= 4 is 17.5 Å². The van der Waals surface area contributed by atoms with Gasteiger partial charge in [-0.3, -0.25) is 0 Å². The first-order valence-electron chi connectivity index (χ1n) is 7.11. The molecule has 0 aliphatic carbocycles. The number of hydrogen-bond donors (Lipinski definition) is 1. The molecule has 113 valence electrons. The molecule has 0 unspecified atom stereocenters. The van der Waals surface area contributed by atoms with Crippen LogP contribution in [0.15, 0.2) is 42.6 Å². The van der Waals surface area contributed by atoms with Crippen LogP contribution in [0.25, 0.3) is 0 Å². The van der Waals surface area contributed by atoms with Gasteiger partial charge in [-0.05, 0) is 24.3 Å². The number of hydrogen-bond acceptors (Lipinski definition) is 3. The van der Waals surface area contributed by atoms with Gasteiger partial charge in [0.25, 0.3) is 0 Å². The fourth-order valence-electron chi connectivity index (χ4n) is 2.39. The van der Waals surface area contributed by atoms with E-state index in [2.05, 4.69) is 21.3 Å². The second kappa shape index (κ2) is 6.43. The molecule has 2 aromatic rings. The highest BCUT2D eigenvalue weighted by molar-refractivity contribution is 5.89. The van der Waals surface area contributed by atoms with Crippen LogP contribution in [0.1, 0.15) is 0 Å². The van der Waals surface area contributed by atoms with Crippen LogP contribution in [0.4, 0.5) is 20.7 Å². The number of nitrogens with zero attached hydrogens (tertiary/aromatic N) is 3. The molecular formula is C16H16FN4O. The summed E-state index contributed by atoms with van der Waals surface area (Å²) in [6, 6.07) is 12.5. The molecule has 1 aliphatic heterocycles. The van der Waals surface area contributed by atoms with Crippen molar-refractivity contribution in [3.05, 3.63) is 54.5 Å². The lowest BCUT2D eigenvalue weighted by Gasteiger charge is -2.35. The highest BCUT2D eigenvalue weighted by Crippen LogP contribution is 2.15. The molecule has 3 rings (SSSR count). The van der Waals surface area contributed by atoms with Gasteiger partial charge in [0.1, 0.15) is 11.6 Å². The molecule has 1 saturated heterocycles. The first kappa shape index (κ1) is 14.3. The lowest BCUT2D eigenvalue weighted by Crippen LogP contribution is -2.50. The summed E-state index contributed by atoms with van der Waals surface area (Å²) >= 11 is 0. The Morgan fingerprint density at radius 2 is 1.95 bits per heavy atom. The third-order valence-corrected chi connectivity index (χ3v) is 3.61. The molecule has 0 bridgehead atoms. The van der Waals surface area contributed by atoms with E-state index in [9.17, 15) is 9.18 Å². The molecule has 1 radical (unpaired) electrons. The van der Waals surface area contributed by atoms with Crippen molar-refractivity contribution in [2.75, 3.05) is 36.4 Å². The SMILES string of the molecule is O=C(Nc1ccccc1F)N1CCN(c2cc[c]cn2)CC1. The van der Waals surface area contributed by atoms with Gasteiger partial charge in [0, 0.05) is 38.4 Å². The molecule has 5 nitrogen and oxygen atoms in total. The van der Waals surface area contributed by atoms with E-state index in [0.29, 0.717) is 26.2 Å². The van der Waals surface area contributed by atoms with Crippen LogP contribution < -0.4 is 10.2 Å². The van der Waals surface area contributed by atoms with Crippen LogP contribution in [0, 0.1) is 11.9 Å². The molecule has 6 heteroatoms. The average Bonchev–Trinajstić information content (AvgIpc) is 2.58. The second-order valence-corrected chi connectivity index (χ2v) is 5.00. The van der Waals surface area contributed by atoms with Crippen molar-refractivity contribution in [3.8, 4) is 0 Å². The molecule has 1 N–H and O–H groups in total. The summed E-state index contributed by atoms with van der Waals surface area (Å²) in [6.45, 7) is 2.53. The Labute approximate surface area is 128 Å². The highest BCUT2D eigenvalue weighted by atomic mass is 19.1. The van der Waals surface area contributed by atoms with Crippen LogP contribution in [-0.2, 0) is 0 Å². The number of amides is 2. The van der Waals surface area contributed by atoms with Gasteiger partial charge in [0.15, 0.2) is 0 Å². The lowest BCUT2D eigenvalue weighted by atomic mass is 10.3. The van der Waals surface area contributed by atoms with Crippen LogP contribution in [0.5, 0.6) is 0 Å². The molecule has 0 saturated carbocycles. The minimum Gasteiger partial charge on any atom is -0.353 e.